The van der Waals surface area contributed by atoms with E-state index in [9.17, 15) is 0 Å². The van der Waals surface area contributed by atoms with Gasteiger partial charge in [-0.15, -0.1) is 0 Å². The molecule has 3 rings (SSSR count). The Morgan fingerprint density at radius 2 is 1.90 bits per heavy atom. The highest BCUT2D eigenvalue weighted by atomic mass is 16.5. The van der Waals surface area contributed by atoms with Crippen LogP contribution in [0.15, 0.2) is 18.2 Å². The van der Waals surface area contributed by atoms with E-state index in [1.54, 1.807) is 0 Å². The average molecular weight is 289 g/mol. The maximum Gasteiger partial charge on any atom is 0.0725 e. The molecule has 0 bridgehead atoms. The molecule has 2 aliphatic rings. The summed E-state index contributed by atoms with van der Waals surface area (Å²) in [6, 6.07) is 7.19. The van der Waals surface area contributed by atoms with Gasteiger partial charge in [-0.3, -0.25) is 0 Å². The van der Waals surface area contributed by atoms with Crippen molar-refractivity contribution >= 4 is 0 Å². The summed E-state index contributed by atoms with van der Waals surface area (Å²) >= 11 is 0. The molecule has 21 heavy (non-hydrogen) atoms. The summed E-state index contributed by atoms with van der Waals surface area (Å²) in [7, 11) is 0. The van der Waals surface area contributed by atoms with Gasteiger partial charge < -0.3 is 14.8 Å². The van der Waals surface area contributed by atoms with Crippen LogP contribution in [0.1, 0.15) is 50.4 Å². The first-order valence-corrected chi connectivity index (χ1v) is 8.20. The van der Waals surface area contributed by atoms with Gasteiger partial charge in [0.05, 0.1) is 25.4 Å². The fraction of sp³-hybridized carbons (Fsp3) is 0.667. The van der Waals surface area contributed by atoms with Crippen LogP contribution in [-0.2, 0) is 22.7 Å². The monoisotopic (exact) mass is 289 g/mol. The molecule has 3 heteroatoms. The van der Waals surface area contributed by atoms with Crippen LogP contribution in [0.25, 0.3) is 0 Å². The van der Waals surface area contributed by atoms with E-state index in [1.165, 1.54) is 16.7 Å². The van der Waals surface area contributed by atoms with Crippen molar-refractivity contribution in [3.05, 3.63) is 34.9 Å². The maximum atomic E-state index is 6.06. The van der Waals surface area contributed by atoms with Crippen molar-refractivity contribution in [2.75, 3.05) is 6.54 Å². The van der Waals surface area contributed by atoms with Crippen LogP contribution in [0.2, 0.25) is 0 Å². The van der Waals surface area contributed by atoms with Crippen LogP contribution in [0.4, 0.5) is 0 Å². The first-order valence-electron chi connectivity index (χ1n) is 8.20. The zero-order valence-corrected chi connectivity index (χ0v) is 13.6. The molecular formula is C18H27NO2. The molecule has 1 N–H and O–H groups in total. The van der Waals surface area contributed by atoms with Crippen LogP contribution < -0.4 is 5.32 Å². The molecule has 3 nitrogen and oxygen atoms in total. The number of hydrogen-bond donors (Lipinski definition) is 1. The Bertz CT molecular complexity index is 502. The van der Waals surface area contributed by atoms with Crippen molar-refractivity contribution in [1.82, 2.24) is 5.32 Å². The van der Waals surface area contributed by atoms with Crippen LogP contribution in [-0.4, -0.2) is 18.8 Å². The molecule has 0 aliphatic carbocycles. The number of hydrogen-bond acceptors (Lipinski definition) is 3. The topological polar surface area (TPSA) is 30.5 Å². The molecule has 2 aliphatic heterocycles. The molecular weight excluding hydrogens is 262 g/mol. The van der Waals surface area contributed by atoms with Gasteiger partial charge in [0.15, 0.2) is 0 Å². The van der Waals surface area contributed by atoms with E-state index in [2.05, 4.69) is 51.2 Å². The second-order valence-electron chi connectivity index (χ2n) is 6.54. The van der Waals surface area contributed by atoms with E-state index in [0.29, 0.717) is 30.1 Å². The van der Waals surface area contributed by atoms with E-state index in [0.717, 1.165) is 19.8 Å². The summed E-state index contributed by atoms with van der Waals surface area (Å²) in [5, 5.41) is 3.69. The Kier molecular flexibility index (Phi) is 4.34. The molecule has 1 fully saturated rings. The SMILES string of the molecule is CCNC(c1ccc2c(c1)COC2)C1C(C)OC(C)C1C. The number of rotatable bonds is 4. The van der Waals surface area contributed by atoms with Crippen LogP contribution >= 0.6 is 0 Å². The van der Waals surface area contributed by atoms with Crippen LogP contribution in [0, 0.1) is 11.8 Å². The zero-order chi connectivity index (χ0) is 15.0. The summed E-state index contributed by atoms with van der Waals surface area (Å²) in [5.41, 5.74) is 4.07. The third-order valence-electron chi connectivity index (χ3n) is 5.23. The molecule has 1 aromatic rings. The zero-order valence-electron chi connectivity index (χ0n) is 13.6. The van der Waals surface area contributed by atoms with Crippen molar-refractivity contribution in [2.45, 2.75) is 59.2 Å². The summed E-state index contributed by atoms with van der Waals surface area (Å²) in [6.45, 7) is 11.4. The Balaban J connectivity index is 1.91. The van der Waals surface area contributed by atoms with Crippen molar-refractivity contribution in [1.29, 1.82) is 0 Å². The van der Waals surface area contributed by atoms with Crippen LogP contribution in [0.5, 0.6) is 0 Å². The normalized spacial score (nSPS) is 33.1. The van der Waals surface area contributed by atoms with Crippen LogP contribution in [0.3, 0.4) is 0 Å². The lowest BCUT2D eigenvalue weighted by atomic mass is 9.80. The lowest BCUT2D eigenvalue weighted by Gasteiger charge is -2.30. The molecule has 0 saturated carbocycles. The third kappa shape index (κ3) is 2.75. The lowest BCUT2D eigenvalue weighted by molar-refractivity contribution is 0.0475. The van der Waals surface area contributed by atoms with Gasteiger partial charge in [0.25, 0.3) is 0 Å². The second kappa shape index (κ2) is 6.07. The number of fused-ring (bicyclic) bond motifs is 1. The Morgan fingerprint density at radius 3 is 2.57 bits per heavy atom. The fourth-order valence-electron chi connectivity index (χ4n) is 3.95. The molecule has 2 heterocycles. The van der Waals surface area contributed by atoms with E-state index in [1.807, 2.05) is 0 Å². The molecule has 0 spiro atoms. The molecule has 5 atom stereocenters. The minimum atomic E-state index is 0.295. The van der Waals surface area contributed by atoms with Gasteiger partial charge in [-0.1, -0.05) is 32.0 Å². The average Bonchev–Trinajstić information content (AvgIpc) is 3.02. The molecule has 5 unspecified atom stereocenters. The van der Waals surface area contributed by atoms with E-state index in [-0.39, 0.29) is 0 Å². The Hall–Kier alpha value is -0.900. The molecule has 0 aromatic heterocycles. The minimum Gasteiger partial charge on any atom is -0.375 e. The number of nitrogens with one attached hydrogen (secondary N) is 1. The van der Waals surface area contributed by atoms with E-state index >= 15 is 0 Å². The molecule has 0 radical (unpaired) electrons. The number of ether oxygens (including phenoxy) is 2. The van der Waals surface area contributed by atoms with Gasteiger partial charge in [-0.05, 0) is 43.0 Å². The predicted octanol–water partition coefficient (Wildman–Crippen LogP) is 3.43. The summed E-state index contributed by atoms with van der Waals surface area (Å²) in [5.74, 6) is 1.08. The first kappa shape index (κ1) is 15.0. The number of benzene rings is 1. The van der Waals surface area contributed by atoms with Gasteiger partial charge in [0, 0.05) is 12.0 Å². The highest BCUT2D eigenvalue weighted by Crippen LogP contribution is 2.41. The maximum absolute atomic E-state index is 6.06. The first-order chi connectivity index (χ1) is 10.1. The Labute approximate surface area is 128 Å². The summed E-state index contributed by atoms with van der Waals surface area (Å²) in [6.07, 6.45) is 0.632. The van der Waals surface area contributed by atoms with Crippen molar-refractivity contribution < 1.29 is 9.47 Å². The molecule has 0 amide bonds. The third-order valence-corrected chi connectivity index (χ3v) is 5.23. The second-order valence-corrected chi connectivity index (χ2v) is 6.54. The Morgan fingerprint density at radius 1 is 1.14 bits per heavy atom. The van der Waals surface area contributed by atoms with Crippen molar-refractivity contribution in [3.8, 4) is 0 Å². The minimum absolute atomic E-state index is 0.295. The highest BCUT2D eigenvalue weighted by Gasteiger charge is 2.42. The quantitative estimate of drug-likeness (QED) is 0.921. The van der Waals surface area contributed by atoms with Gasteiger partial charge >= 0.3 is 0 Å². The lowest BCUT2D eigenvalue weighted by Crippen LogP contribution is -2.35. The van der Waals surface area contributed by atoms with Crippen molar-refractivity contribution in [2.24, 2.45) is 11.8 Å². The van der Waals surface area contributed by atoms with Gasteiger partial charge in [-0.25, -0.2) is 0 Å². The van der Waals surface area contributed by atoms with E-state index in [4.69, 9.17) is 9.47 Å². The standard InChI is InChI=1S/C18H27NO2/c1-5-19-18(17-11(2)12(3)21-13(17)4)14-6-7-15-9-20-10-16(15)8-14/h6-8,11-13,17-19H,5,9-10H2,1-4H3. The van der Waals surface area contributed by atoms with Gasteiger partial charge in [0.2, 0.25) is 0 Å². The fourth-order valence-corrected chi connectivity index (χ4v) is 3.95. The molecule has 116 valence electrons. The van der Waals surface area contributed by atoms with E-state index < -0.39 is 0 Å². The highest BCUT2D eigenvalue weighted by molar-refractivity contribution is 5.35. The predicted molar refractivity (Wildman–Crippen MR) is 84.0 cm³/mol. The van der Waals surface area contributed by atoms with Gasteiger partial charge in [0.1, 0.15) is 0 Å². The van der Waals surface area contributed by atoms with Gasteiger partial charge in [-0.2, -0.15) is 0 Å². The van der Waals surface area contributed by atoms with Crippen molar-refractivity contribution in [3.63, 3.8) is 0 Å². The molecule has 1 aromatic carbocycles. The summed E-state index contributed by atoms with van der Waals surface area (Å²) in [4.78, 5) is 0. The smallest absolute Gasteiger partial charge is 0.0725 e. The largest absolute Gasteiger partial charge is 0.375 e. The summed E-state index contributed by atoms with van der Waals surface area (Å²) < 4.78 is 11.6. The molecule has 1 saturated heterocycles.